The summed E-state index contributed by atoms with van der Waals surface area (Å²) in [6.07, 6.45) is 0. The summed E-state index contributed by atoms with van der Waals surface area (Å²) in [5.74, 6) is -0.401. The van der Waals surface area contributed by atoms with Crippen LogP contribution in [-0.2, 0) is 6.54 Å². The molecule has 1 heterocycles. The standard InChI is InChI=1S/C18H13Cl2N3O2/c19-13-7-6-12(15(20)10-13)11-23-17(24)9-8-16(22-23)18(25)21-14-4-2-1-3-5-14/h1-10H,11H2,(H,21,25). The first-order chi connectivity index (χ1) is 12.0. The van der Waals surface area contributed by atoms with Crippen molar-refractivity contribution in [3.63, 3.8) is 0 Å². The number of amides is 1. The molecule has 0 saturated carbocycles. The molecule has 25 heavy (non-hydrogen) atoms. The maximum absolute atomic E-state index is 12.3. The molecule has 0 aliphatic carbocycles. The summed E-state index contributed by atoms with van der Waals surface area (Å²) in [5, 5.41) is 7.79. The molecule has 0 radical (unpaired) electrons. The summed E-state index contributed by atoms with van der Waals surface area (Å²) in [5.41, 5.74) is 1.13. The number of aromatic nitrogens is 2. The van der Waals surface area contributed by atoms with Crippen molar-refractivity contribution in [2.75, 3.05) is 5.32 Å². The van der Waals surface area contributed by atoms with Crippen molar-refractivity contribution in [2.24, 2.45) is 0 Å². The number of rotatable bonds is 4. The van der Waals surface area contributed by atoms with Crippen LogP contribution in [0.4, 0.5) is 5.69 Å². The third kappa shape index (κ3) is 4.26. The minimum absolute atomic E-state index is 0.133. The van der Waals surface area contributed by atoms with E-state index in [1.807, 2.05) is 18.2 Å². The molecule has 126 valence electrons. The quantitative estimate of drug-likeness (QED) is 0.755. The van der Waals surface area contributed by atoms with E-state index in [-0.39, 0.29) is 17.8 Å². The molecule has 0 aliphatic rings. The molecule has 0 aliphatic heterocycles. The van der Waals surface area contributed by atoms with Gasteiger partial charge >= 0.3 is 0 Å². The van der Waals surface area contributed by atoms with E-state index in [0.717, 1.165) is 0 Å². The number of para-hydroxylation sites is 1. The molecule has 0 atom stereocenters. The number of carbonyl (C=O) groups excluding carboxylic acids is 1. The number of benzene rings is 2. The fraction of sp³-hybridized carbons (Fsp3) is 0.0556. The van der Waals surface area contributed by atoms with Gasteiger partial charge in [-0.15, -0.1) is 0 Å². The highest BCUT2D eigenvalue weighted by atomic mass is 35.5. The Labute approximate surface area is 153 Å². The molecule has 0 saturated heterocycles. The van der Waals surface area contributed by atoms with Gasteiger partial charge in [-0.2, -0.15) is 5.10 Å². The molecule has 0 bridgehead atoms. The predicted molar refractivity (Wildman–Crippen MR) is 98.5 cm³/mol. The van der Waals surface area contributed by atoms with Crippen LogP contribution >= 0.6 is 23.2 Å². The zero-order chi connectivity index (χ0) is 17.8. The Hall–Kier alpha value is -2.63. The fourth-order valence-electron chi connectivity index (χ4n) is 2.21. The summed E-state index contributed by atoms with van der Waals surface area (Å²) in [6, 6.07) is 16.7. The number of hydrogen-bond acceptors (Lipinski definition) is 3. The number of halogens is 2. The number of hydrogen-bond donors (Lipinski definition) is 1. The first kappa shape index (κ1) is 17.2. The smallest absolute Gasteiger partial charge is 0.276 e. The van der Waals surface area contributed by atoms with E-state index in [1.165, 1.54) is 16.8 Å². The predicted octanol–water partition coefficient (Wildman–Crippen LogP) is 3.85. The van der Waals surface area contributed by atoms with Gasteiger partial charge in [-0.1, -0.05) is 47.5 Å². The zero-order valence-electron chi connectivity index (χ0n) is 12.9. The van der Waals surface area contributed by atoms with Crippen LogP contribution in [0.25, 0.3) is 0 Å². The molecule has 3 aromatic rings. The normalized spacial score (nSPS) is 10.5. The second-order valence-corrected chi connectivity index (χ2v) is 6.11. The maximum atomic E-state index is 12.3. The molecule has 5 nitrogen and oxygen atoms in total. The summed E-state index contributed by atoms with van der Waals surface area (Å²) < 4.78 is 1.19. The molecule has 1 aromatic heterocycles. The van der Waals surface area contributed by atoms with Crippen molar-refractivity contribution in [1.29, 1.82) is 0 Å². The van der Waals surface area contributed by atoms with Crippen molar-refractivity contribution >= 4 is 34.8 Å². The Morgan fingerprint density at radius 3 is 2.52 bits per heavy atom. The van der Waals surface area contributed by atoms with E-state index in [1.54, 1.807) is 30.3 Å². The Balaban J connectivity index is 1.85. The highest BCUT2D eigenvalue weighted by Crippen LogP contribution is 2.21. The average molecular weight is 374 g/mol. The Morgan fingerprint density at radius 2 is 1.80 bits per heavy atom. The summed E-state index contributed by atoms with van der Waals surface area (Å²) in [6.45, 7) is 0.140. The summed E-state index contributed by atoms with van der Waals surface area (Å²) in [7, 11) is 0. The molecule has 0 fully saturated rings. The van der Waals surface area contributed by atoms with Crippen molar-refractivity contribution in [2.45, 2.75) is 6.54 Å². The van der Waals surface area contributed by atoms with Crippen LogP contribution in [0.2, 0.25) is 10.0 Å². The molecular weight excluding hydrogens is 361 g/mol. The van der Waals surface area contributed by atoms with Gasteiger partial charge in [-0.3, -0.25) is 9.59 Å². The van der Waals surface area contributed by atoms with E-state index >= 15 is 0 Å². The van der Waals surface area contributed by atoms with Gasteiger partial charge in [0.25, 0.3) is 11.5 Å². The maximum Gasteiger partial charge on any atom is 0.276 e. The minimum atomic E-state index is -0.401. The zero-order valence-corrected chi connectivity index (χ0v) is 14.5. The van der Waals surface area contributed by atoms with Crippen LogP contribution in [-0.4, -0.2) is 15.7 Å². The molecule has 3 rings (SSSR count). The van der Waals surface area contributed by atoms with Crippen LogP contribution < -0.4 is 10.9 Å². The Bertz CT molecular complexity index is 972. The van der Waals surface area contributed by atoms with Crippen molar-refractivity contribution < 1.29 is 4.79 Å². The van der Waals surface area contributed by atoms with E-state index in [4.69, 9.17) is 23.2 Å². The second kappa shape index (κ2) is 7.51. The van der Waals surface area contributed by atoms with Crippen LogP contribution in [0, 0.1) is 0 Å². The lowest BCUT2D eigenvalue weighted by atomic mass is 10.2. The lowest BCUT2D eigenvalue weighted by molar-refractivity contribution is 0.102. The van der Waals surface area contributed by atoms with E-state index < -0.39 is 5.91 Å². The Kier molecular flexibility index (Phi) is 5.16. The highest BCUT2D eigenvalue weighted by Gasteiger charge is 2.11. The van der Waals surface area contributed by atoms with Gasteiger partial charge in [0.1, 0.15) is 5.69 Å². The van der Waals surface area contributed by atoms with Gasteiger partial charge < -0.3 is 5.32 Å². The van der Waals surface area contributed by atoms with Gasteiger partial charge in [0.2, 0.25) is 0 Å². The number of carbonyl (C=O) groups is 1. The highest BCUT2D eigenvalue weighted by molar-refractivity contribution is 6.35. The van der Waals surface area contributed by atoms with Crippen molar-refractivity contribution in [3.05, 3.63) is 92.3 Å². The molecule has 0 spiro atoms. The van der Waals surface area contributed by atoms with Crippen LogP contribution in [0.1, 0.15) is 16.1 Å². The van der Waals surface area contributed by atoms with Gasteiger partial charge in [-0.05, 0) is 35.9 Å². The van der Waals surface area contributed by atoms with E-state index in [9.17, 15) is 9.59 Å². The topological polar surface area (TPSA) is 64.0 Å². The largest absolute Gasteiger partial charge is 0.321 e. The van der Waals surface area contributed by atoms with E-state index in [0.29, 0.717) is 21.3 Å². The summed E-state index contributed by atoms with van der Waals surface area (Å²) >= 11 is 12.0. The second-order valence-electron chi connectivity index (χ2n) is 5.27. The lowest BCUT2D eigenvalue weighted by Gasteiger charge is -2.09. The number of anilines is 1. The van der Waals surface area contributed by atoms with Crippen molar-refractivity contribution in [3.8, 4) is 0 Å². The molecule has 0 unspecified atom stereocenters. The average Bonchev–Trinajstić information content (AvgIpc) is 2.60. The van der Waals surface area contributed by atoms with Gasteiger partial charge in [0, 0.05) is 21.8 Å². The third-order valence-electron chi connectivity index (χ3n) is 3.47. The van der Waals surface area contributed by atoms with Gasteiger partial charge in [-0.25, -0.2) is 4.68 Å². The number of nitrogens with zero attached hydrogens (tertiary/aromatic N) is 2. The Morgan fingerprint density at radius 1 is 1.04 bits per heavy atom. The first-order valence-corrected chi connectivity index (χ1v) is 8.17. The van der Waals surface area contributed by atoms with Gasteiger partial charge in [0.05, 0.1) is 6.54 Å². The molecule has 1 N–H and O–H groups in total. The van der Waals surface area contributed by atoms with Gasteiger partial charge in [0.15, 0.2) is 0 Å². The SMILES string of the molecule is O=C(Nc1ccccc1)c1ccc(=O)n(Cc2ccc(Cl)cc2Cl)n1. The van der Waals surface area contributed by atoms with E-state index in [2.05, 4.69) is 10.4 Å². The van der Waals surface area contributed by atoms with Crippen LogP contribution in [0.5, 0.6) is 0 Å². The molecule has 2 aromatic carbocycles. The molecule has 1 amide bonds. The monoisotopic (exact) mass is 373 g/mol. The molecular formula is C18H13Cl2N3O2. The fourth-order valence-corrected chi connectivity index (χ4v) is 2.68. The summed E-state index contributed by atoms with van der Waals surface area (Å²) in [4.78, 5) is 24.3. The minimum Gasteiger partial charge on any atom is -0.321 e. The van der Waals surface area contributed by atoms with Crippen molar-refractivity contribution in [1.82, 2.24) is 9.78 Å². The van der Waals surface area contributed by atoms with Crippen LogP contribution in [0.15, 0.2) is 65.5 Å². The third-order valence-corrected chi connectivity index (χ3v) is 4.05. The molecule has 7 heteroatoms. The van der Waals surface area contributed by atoms with Crippen LogP contribution in [0.3, 0.4) is 0 Å². The first-order valence-electron chi connectivity index (χ1n) is 7.41. The lowest BCUT2D eigenvalue weighted by Crippen LogP contribution is -2.26. The number of nitrogens with one attached hydrogen (secondary N) is 1.